The summed E-state index contributed by atoms with van der Waals surface area (Å²) in [6.07, 6.45) is -2.66. The Kier molecular flexibility index (Phi) is 4.92. The highest BCUT2D eigenvalue weighted by molar-refractivity contribution is 7.99. The number of alkyl halides is 4. The van der Waals surface area contributed by atoms with E-state index in [1.807, 2.05) is 6.92 Å². The smallest absolute Gasteiger partial charge is 0.249 e. The van der Waals surface area contributed by atoms with Crippen molar-refractivity contribution >= 4 is 23.4 Å². The molecule has 1 heterocycles. The van der Waals surface area contributed by atoms with Crippen molar-refractivity contribution in [3.05, 3.63) is 23.9 Å². The number of halogens is 4. The maximum absolute atomic E-state index is 12.2. The van der Waals surface area contributed by atoms with Crippen LogP contribution in [0.15, 0.2) is 23.4 Å². The van der Waals surface area contributed by atoms with Gasteiger partial charge in [-0.2, -0.15) is 13.2 Å². The van der Waals surface area contributed by atoms with Crippen molar-refractivity contribution in [2.45, 2.75) is 29.8 Å². The minimum atomic E-state index is -4.32. The number of rotatable bonds is 4. The molecule has 1 aromatic rings. The van der Waals surface area contributed by atoms with E-state index in [1.165, 1.54) is 17.8 Å². The van der Waals surface area contributed by atoms with Gasteiger partial charge in [0.25, 0.3) is 0 Å². The predicted molar refractivity (Wildman–Crippen MR) is 59.9 cm³/mol. The Morgan fingerprint density at radius 1 is 1.44 bits per heavy atom. The molecular formula is C10H11ClF3NS. The molecule has 0 amide bonds. The molecule has 1 aromatic heterocycles. The van der Waals surface area contributed by atoms with Gasteiger partial charge < -0.3 is 0 Å². The summed E-state index contributed by atoms with van der Waals surface area (Å²) in [5, 5.41) is 0.840. The normalized spacial score (nSPS) is 13.8. The Bertz CT molecular complexity index is 326. The second kappa shape index (κ2) is 5.77. The van der Waals surface area contributed by atoms with Crippen LogP contribution in [0.25, 0.3) is 0 Å². The zero-order chi connectivity index (χ0) is 12.2. The third kappa shape index (κ3) is 4.22. The number of hydrogen-bond acceptors (Lipinski definition) is 2. The Hall–Kier alpha value is -0.420. The summed E-state index contributed by atoms with van der Waals surface area (Å²) >= 11 is 6.99. The van der Waals surface area contributed by atoms with Gasteiger partial charge in [0.05, 0.1) is 10.6 Å². The van der Waals surface area contributed by atoms with E-state index < -0.39 is 11.7 Å². The molecule has 1 rings (SSSR count). The van der Waals surface area contributed by atoms with Crippen molar-refractivity contribution in [2.75, 3.05) is 5.88 Å². The molecule has 0 N–H and O–H groups in total. The first-order valence-electron chi connectivity index (χ1n) is 4.69. The van der Waals surface area contributed by atoms with Crippen molar-refractivity contribution in [1.29, 1.82) is 0 Å². The molecule has 0 saturated heterocycles. The molecule has 0 bridgehead atoms. The van der Waals surface area contributed by atoms with E-state index in [0.29, 0.717) is 10.9 Å². The van der Waals surface area contributed by atoms with Crippen LogP contribution in [0.2, 0.25) is 0 Å². The van der Waals surface area contributed by atoms with E-state index in [2.05, 4.69) is 4.98 Å². The molecule has 0 aromatic carbocycles. The highest BCUT2D eigenvalue weighted by Gasteiger charge is 2.30. The lowest BCUT2D eigenvalue weighted by Crippen LogP contribution is -2.05. The standard InChI is InChI=1S/C10H11ClF3NS/c1-7(4-5-11)16-9-3-2-8(6-15-9)10(12,13)14/h2-3,6-7H,4-5H2,1H3. The molecule has 1 atom stereocenters. The summed E-state index contributed by atoms with van der Waals surface area (Å²) in [7, 11) is 0. The highest BCUT2D eigenvalue weighted by Crippen LogP contribution is 2.30. The van der Waals surface area contributed by atoms with Gasteiger partial charge in [-0.3, -0.25) is 0 Å². The molecule has 0 radical (unpaired) electrons. The second-order valence-corrected chi connectivity index (χ2v) is 5.13. The summed E-state index contributed by atoms with van der Waals surface area (Å²) in [5.41, 5.74) is -0.721. The zero-order valence-electron chi connectivity index (χ0n) is 8.59. The van der Waals surface area contributed by atoms with Crippen LogP contribution < -0.4 is 0 Å². The van der Waals surface area contributed by atoms with Crippen molar-refractivity contribution in [3.63, 3.8) is 0 Å². The second-order valence-electron chi connectivity index (χ2n) is 3.29. The van der Waals surface area contributed by atoms with E-state index in [1.54, 1.807) is 0 Å². The largest absolute Gasteiger partial charge is 0.417 e. The molecule has 0 spiro atoms. The van der Waals surface area contributed by atoms with Crippen LogP contribution in [-0.2, 0) is 6.18 Å². The first kappa shape index (κ1) is 13.6. The summed E-state index contributed by atoms with van der Waals surface area (Å²) in [4.78, 5) is 3.77. The van der Waals surface area contributed by atoms with Gasteiger partial charge in [-0.25, -0.2) is 4.98 Å². The van der Waals surface area contributed by atoms with E-state index in [-0.39, 0.29) is 5.25 Å². The molecule has 0 fully saturated rings. The number of aromatic nitrogens is 1. The Balaban J connectivity index is 2.65. The van der Waals surface area contributed by atoms with Crippen LogP contribution >= 0.6 is 23.4 Å². The molecule has 1 nitrogen and oxygen atoms in total. The summed E-state index contributed by atoms with van der Waals surface area (Å²) in [6.45, 7) is 1.96. The molecule has 16 heavy (non-hydrogen) atoms. The van der Waals surface area contributed by atoms with Gasteiger partial charge in [0, 0.05) is 17.3 Å². The maximum Gasteiger partial charge on any atom is 0.417 e. The number of hydrogen-bond donors (Lipinski definition) is 0. The molecule has 90 valence electrons. The lowest BCUT2D eigenvalue weighted by Gasteiger charge is -2.09. The van der Waals surface area contributed by atoms with Gasteiger partial charge in [-0.05, 0) is 18.6 Å². The van der Waals surface area contributed by atoms with Gasteiger partial charge in [0.2, 0.25) is 0 Å². The molecule has 0 saturated carbocycles. The van der Waals surface area contributed by atoms with Crippen LogP contribution in [0.1, 0.15) is 18.9 Å². The van der Waals surface area contributed by atoms with E-state index >= 15 is 0 Å². The topological polar surface area (TPSA) is 12.9 Å². The monoisotopic (exact) mass is 269 g/mol. The van der Waals surface area contributed by atoms with Gasteiger partial charge >= 0.3 is 6.18 Å². The van der Waals surface area contributed by atoms with Crippen LogP contribution in [-0.4, -0.2) is 16.1 Å². The number of pyridine rings is 1. The lowest BCUT2D eigenvalue weighted by molar-refractivity contribution is -0.137. The fourth-order valence-electron chi connectivity index (χ4n) is 1.04. The zero-order valence-corrected chi connectivity index (χ0v) is 10.2. The van der Waals surface area contributed by atoms with E-state index in [9.17, 15) is 13.2 Å². The van der Waals surface area contributed by atoms with Gasteiger partial charge in [0.1, 0.15) is 0 Å². The fourth-order valence-corrected chi connectivity index (χ4v) is 2.40. The summed E-state index contributed by atoms with van der Waals surface area (Å²) in [5.74, 6) is 0.537. The van der Waals surface area contributed by atoms with Gasteiger partial charge in [-0.1, -0.05) is 6.92 Å². The van der Waals surface area contributed by atoms with Crippen LogP contribution in [0.4, 0.5) is 13.2 Å². The number of thioether (sulfide) groups is 1. The van der Waals surface area contributed by atoms with Crippen molar-refractivity contribution in [1.82, 2.24) is 4.98 Å². The van der Waals surface area contributed by atoms with Crippen LogP contribution in [0.3, 0.4) is 0 Å². The first-order valence-corrected chi connectivity index (χ1v) is 6.10. The van der Waals surface area contributed by atoms with Gasteiger partial charge in [-0.15, -0.1) is 23.4 Å². The number of nitrogens with zero attached hydrogens (tertiary/aromatic N) is 1. The molecule has 0 aliphatic rings. The summed E-state index contributed by atoms with van der Waals surface area (Å²) in [6, 6.07) is 2.43. The first-order chi connectivity index (χ1) is 7.43. The fraction of sp³-hybridized carbons (Fsp3) is 0.500. The Labute approximate surface area is 101 Å². The maximum atomic E-state index is 12.2. The average Bonchev–Trinajstić information content (AvgIpc) is 2.17. The minimum absolute atomic E-state index is 0.252. The quantitative estimate of drug-likeness (QED) is 0.600. The average molecular weight is 270 g/mol. The molecule has 1 unspecified atom stereocenters. The minimum Gasteiger partial charge on any atom is -0.249 e. The van der Waals surface area contributed by atoms with Crippen molar-refractivity contribution in [3.8, 4) is 0 Å². The highest BCUT2D eigenvalue weighted by atomic mass is 35.5. The third-order valence-electron chi connectivity index (χ3n) is 1.90. The lowest BCUT2D eigenvalue weighted by atomic mass is 10.3. The third-order valence-corrected chi connectivity index (χ3v) is 3.24. The Morgan fingerprint density at radius 3 is 2.56 bits per heavy atom. The van der Waals surface area contributed by atoms with Crippen molar-refractivity contribution < 1.29 is 13.2 Å². The van der Waals surface area contributed by atoms with E-state index in [4.69, 9.17) is 11.6 Å². The van der Waals surface area contributed by atoms with Crippen LogP contribution in [0.5, 0.6) is 0 Å². The summed E-state index contributed by atoms with van der Waals surface area (Å²) < 4.78 is 36.7. The molecular weight excluding hydrogens is 259 g/mol. The van der Waals surface area contributed by atoms with E-state index in [0.717, 1.165) is 18.7 Å². The SMILES string of the molecule is CC(CCCl)Sc1ccc(C(F)(F)F)cn1. The predicted octanol–water partition coefficient (Wildman–Crippen LogP) is 4.21. The molecule has 0 aliphatic heterocycles. The Morgan fingerprint density at radius 2 is 2.12 bits per heavy atom. The van der Waals surface area contributed by atoms with Crippen molar-refractivity contribution in [2.24, 2.45) is 0 Å². The molecule has 6 heteroatoms. The van der Waals surface area contributed by atoms with Crippen LogP contribution in [0, 0.1) is 0 Å². The van der Waals surface area contributed by atoms with Gasteiger partial charge in [0.15, 0.2) is 0 Å². The molecule has 0 aliphatic carbocycles.